The van der Waals surface area contributed by atoms with Crippen molar-refractivity contribution in [2.45, 2.75) is 44.1 Å². The summed E-state index contributed by atoms with van der Waals surface area (Å²) in [7, 11) is 0. The molecule has 5 aliphatic rings. The lowest BCUT2D eigenvalue weighted by molar-refractivity contribution is -0.134. The summed E-state index contributed by atoms with van der Waals surface area (Å²) in [5.41, 5.74) is 0.0576. The second kappa shape index (κ2) is 4.34. The van der Waals surface area contributed by atoms with Gasteiger partial charge in [-0.3, -0.25) is 9.59 Å². The van der Waals surface area contributed by atoms with E-state index in [1.807, 2.05) is 6.08 Å². The van der Waals surface area contributed by atoms with E-state index in [9.17, 15) is 9.59 Å². The van der Waals surface area contributed by atoms with Crippen molar-refractivity contribution in [1.29, 1.82) is 0 Å². The molecule has 1 heterocycles. The Balaban J connectivity index is 1.41. The van der Waals surface area contributed by atoms with Gasteiger partial charge in [0.15, 0.2) is 0 Å². The van der Waals surface area contributed by atoms with E-state index >= 15 is 0 Å². The lowest BCUT2D eigenvalue weighted by Gasteiger charge is -2.57. The topological polar surface area (TPSA) is 49.4 Å². The van der Waals surface area contributed by atoms with Crippen LogP contribution in [-0.4, -0.2) is 35.3 Å². The number of carbonyl (C=O) groups is 2. The van der Waals surface area contributed by atoms with Crippen molar-refractivity contribution in [3.05, 3.63) is 12.2 Å². The summed E-state index contributed by atoms with van der Waals surface area (Å²) in [6.45, 7) is 0.792. The third-order valence-corrected chi connectivity index (χ3v) is 5.68. The normalized spacial score (nSPS) is 41.5. The van der Waals surface area contributed by atoms with Crippen LogP contribution in [0.15, 0.2) is 12.2 Å². The number of carbonyl (C=O) groups excluding carboxylic acids is 2. The molecular formula is C16H22N2O2. The Kier molecular flexibility index (Phi) is 2.69. The summed E-state index contributed by atoms with van der Waals surface area (Å²) in [6, 6.07) is 0. The van der Waals surface area contributed by atoms with Gasteiger partial charge in [-0.2, -0.15) is 0 Å². The molecule has 108 valence electrons. The Hall–Kier alpha value is -1.32. The standard InChI is InChI=1S/C16H22N2O2/c19-14(10-18-3-1-2-15(18)20)17-16-7-11-4-12(8-16)6-13(5-11)9-16/h1-2,11-13H,3-10H2,(H,17,19). The van der Waals surface area contributed by atoms with Gasteiger partial charge in [-0.05, 0) is 56.3 Å². The summed E-state index contributed by atoms with van der Waals surface area (Å²) in [6.07, 6.45) is 11.0. The van der Waals surface area contributed by atoms with Gasteiger partial charge in [0.25, 0.3) is 0 Å². The SMILES string of the molecule is O=C(CN1CC=CC1=O)NC12CC3CC(CC(C3)C1)C2. The van der Waals surface area contributed by atoms with E-state index < -0.39 is 0 Å². The van der Waals surface area contributed by atoms with Crippen LogP contribution in [-0.2, 0) is 9.59 Å². The van der Waals surface area contributed by atoms with E-state index in [-0.39, 0.29) is 23.9 Å². The molecule has 4 heteroatoms. The van der Waals surface area contributed by atoms with Crippen molar-refractivity contribution >= 4 is 11.8 Å². The van der Waals surface area contributed by atoms with Crippen LogP contribution in [0.5, 0.6) is 0 Å². The molecule has 0 unspecified atom stereocenters. The molecule has 0 aromatic carbocycles. The molecule has 0 spiro atoms. The zero-order valence-electron chi connectivity index (χ0n) is 11.8. The first kappa shape index (κ1) is 12.4. The second-order valence-corrected chi connectivity index (χ2v) is 7.37. The molecule has 20 heavy (non-hydrogen) atoms. The van der Waals surface area contributed by atoms with Gasteiger partial charge in [0.1, 0.15) is 6.54 Å². The van der Waals surface area contributed by atoms with Crippen molar-refractivity contribution in [3.63, 3.8) is 0 Å². The van der Waals surface area contributed by atoms with E-state index in [0.717, 1.165) is 37.0 Å². The lowest BCUT2D eigenvalue weighted by Crippen LogP contribution is -2.61. The van der Waals surface area contributed by atoms with E-state index in [1.54, 1.807) is 11.0 Å². The fraction of sp³-hybridized carbons (Fsp3) is 0.750. The van der Waals surface area contributed by atoms with Gasteiger partial charge in [-0.1, -0.05) is 6.08 Å². The first-order valence-corrected chi connectivity index (χ1v) is 7.88. The summed E-state index contributed by atoms with van der Waals surface area (Å²) >= 11 is 0. The maximum Gasteiger partial charge on any atom is 0.247 e. The average molecular weight is 274 g/mol. The Labute approximate surface area is 119 Å². The number of rotatable bonds is 3. The van der Waals surface area contributed by atoms with Gasteiger partial charge >= 0.3 is 0 Å². The molecule has 0 aromatic rings. The van der Waals surface area contributed by atoms with Gasteiger partial charge < -0.3 is 10.2 Å². The minimum Gasteiger partial charge on any atom is -0.349 e. The number of amides is 2. The lowest BCUT2D eigenvalue weighted by atomic mass is 9.53. The molecule has 1 N–H and O–H groups in total. The van der Waals surface area contributed by atoms with E-state index in [1.165, 1.54) is 19.3 Å². The fourth-order valence-corrected chi connectivity index (χ4v) is 5.39. The van der Waals surface area contributed by atoms with Gasteiger partial charge in [0.05, 0.1) is 0 Å². The summed E-state index contributed by atoms with van der Waals surface area (Å²) < 4.78 is 0. The highest BCUT2D eigenvalue weighted by molar-refractivity contribution is 5.93. The smallest absolute Gasteiger partial charge is 0.247 e. The van der Waals surface area contributed by atoms with E-state index in [2.05, 4.69) is 5.32 Å². The average Bonchev–Trinajstić information content (AvgIpc) is 2.72. The highest BCUT2D eigenvalue weighted by Crippen LogP contribution is 2.55. The monoisotopic (exact) mass is 274 g/mol. The van der Waals surface area contributed by atoms with Gasteiger partial charge in [0.2, 0.25) is 11.8 Å². The first-order valence-electron chi connectivity index (χ1n) is 7.88. The van der Waals surface area contributed by atoms with Crippen LogP contribution >= 0.6 is 0 Å². The summed E-state index contributed by atoms with van der Waals surface area (Å²) in [5, 5.41) is 3.31. The van der Waals surface area contributed by atoms with Crippen molar-refractivity contribution in [3.8, 4) is 0 Å². The molecule has 0 atom stereocenters. The highest BCUT2D eigenvalue weighted by Gasteiger charge is 2.51. The zero-order chi connectivity index (χ0) is 13.7. The van der Waals surface area contributed by atoms with Crippen molar-refractivity contribution in [2.24, 2.45) is 17.8 Å². The molecule has 1 aliphatic heterocycles. The molecule has 2 amide bonds. The zero-order valence-corrected chi connectivity index (χ0v) is 11.8. The number of hydrogen-bond acceptors (Lipinski definition) is 2. The summed E-state index contributed by atoms with van der Waals surface area (Å²) in [4.78, 5) is 25.4. The summed E-state index contributed by atoms with van der Waals surface area (Å²) in [5.74, 6) is 2.49. The molecule has 4 aliphatic carbocycles. The van der Waals surface area contributed by atoms with Crippen LogP contribution in [0.25, 0.3) is 0 Å². The Morgan fingerprint density at radius 1 is 1.20 bits per heavy atom. The van der Waals surface area contributed by atoms with E-state index in [0.29, 0.717) is 6.54 Å². The molecule has 4 saturated carbocycles. The Morgan fingerprint density at radius 3 is 2.30 bits per heavy atom. The van der Waals surface area contributed by atoms with Crippen molar-refractivity contribution < 1.29 is 9.59 Å². The maximum absolute atomic E-state index is 12.3. The molecule has 4 nitrogen and oxygen atoms in total. The van der Waals surface area contributed by atoms with Crippen LogP contribution in [0.2, 0.25) is 0 Å². The van der Waals surface area contributed by atoms with Crippen LogP contribution in [0.3, 0.4) is 0 Å². The minimum absolute atomic E-state index is 0.0315. The quantitative estimate of drug-likeness (QED) is 0.847. The van der Waals surface area contributed by atoms with Gasteiger partial charge in [-0.25, -0.2) is 0 Å². The highest BCUT2D eigenvalue weighted by atomic mass is 16.2. The molecule has 4 bridgehead atoms. The maximum atomic E-state index is 12.3. The molecule has 5 rings (SSSR count). The first-order chi connectivity index (χ1) is 9.62. The molecule has 0 saturated heterocycles. The Bertz CT molecular complexity index is 448. The molecule has 4 fully saturated rings. The molecule has 0 radical (unpaired) electrons. The van der Waals surface area contributed by atoms with Crippen LogP contribution < -0.4 is 5.32 Å². The van der Waals surface area contributed by atoms with E-state index in [4.69, 9.17) is 0 Å². The predicted octanol–water partition coefficient (Wildman–Crippen LogP) is 1.47. The van der Waals surface area contributed by atoms with Gasteiger partial charge in [-0.15, -0.1) is 0 Å². The third-order valence-electron chi connectivity index (χ3n) is 5.68. The third kappa shape index (κ3) is 2.05. The van der Waals surface area contributed by atoms with Crippen LogP contribution in [0.1, 0.15) is 38.5 Å². The molecular weight excluding hydrogens is 252 g/mol. The van der Waals surface area contributed by atoms with Gasteiger partial charge in [0, 0.05) is 18.2 Å². The number of hydrogen-bond donors (Lipinski definition) is 1. The fourth-order valence-electron chi connectivity index (χ4n) is 5.39. The van der Waals surface area contributed by atoms with Crippen molar-refractivity contribution in [1.82, 2.24) is 10.2 Å². The molecule has 0 aromatic heterocycles. The minimum atomic E-state index is -0.0364. The second-order valence-electron chi connectivity index (χ2n) is 7.37. The largest absolute Gasteiger partial charge is 0.349 e. The van der Waals surface area contributed by atoms with Crippen LogP contribution in [0.4, 0.5) is 0 Å². The van der Waals surface area contributed by atoms with Crippen molar-refractivity contribution in [2.75, 3.05) is 13.1 Å². The Morgan fingerprint density at radius 2 is 1.80 bits per heavy atom. The predicted molar refractivity (Wildman–Crippen MR) is 74.8 cm³/mol. The van der Waals surface area contributed by atoms with Crippen LogP contribution in [0, 0.1) is 17.8 Å². The number of nitrogens with one attached hydrogen (secondary N) is 1. The number of nitrogens with zero attached hydrogens (tertiary/aromatic N) is 1.